The highest BCUT2D eigenvalue weighted by Gasteiger charge is 2.16. The van der Waals surface area contributed by atoms with Crippen LogP contribution < -0.4 is 4.90 Å². The Hall–Kier alpha value is -1.46. The second kappa shape index (κ2) is 6.33. The van der Waals surface area contributed by atoms with Gasteiger partial charge in [0.1, 0.15) is 0 Å². The molecule has 0 bridgehead atoms. The van der Waals surface area contributed by atoms with E-state index in [-0.39, 0.29) is 5.91 Å². The van der Waals surface area contributed by atoms with E-state index in [0.717, 1.165) is 28.3 Å². The summed E-state index contributed by atoms with van der Waals surface area (Å²) in [6.45, 7) is 5.24. The molecule has 2 aromatic rings. The molecule has 0 unspecified atom stereocenters. The molecule has 0 radical (unpaired) electrons. The molecule has 0 N–H and O–H groups in total. The number of hydrogen-bond acceptors (Lipinski definition) is 4. The van der Waals surface area contributed by atoms with Crippen molar-refractivity contribution >= 4 is 32.6 Å². The molecule has 108 valence electrons. The van der Waals surface area contributed by atoms with E-state index >= 15 is 0 Å². The molecule has 0 spiro atoms. The Bertz CT molecular complexity index is 606. The zero-order valence-corrected chi connectivity index (χ0v) is 13.3. The first kappa shape index (κ1) is 14.9. The van der Waals surface area contributed by atoms with Gasteiger partial charge in [0, 0.05) is 20.0 Å². The standard InChI is InChI=1S/C15H21N3OS/c1-5-12-6-7-13-14(10-12)20-15(16-13)18(11(2)19)9-8-17(3)4/h6-7,10H,5,8-9H2,1-4H3. The Morgan fingerprint density at radius 2 is 2.05 bits per heavy atom. The first-order chi connectivity index (χ1) is 9.51. The summed E-state index contributed by atoms with van der Waals surface area (Å²) in [5.41, 5.74) is 2.27. The van der Waals surface area contributed by atoms with Crippen molar-refractivity contribution in [3.8, 4) is 0 Å². The summed E-state index contributed by atoms with van der Waals surface area (Å²) in [4.78, 5) is 20.3. The molecule has 0 saturated carbocycles. The zero-order valence-electron chi connectivity index (χ0n) is 12.5. The van der Waals surface area contributed by atoms with Gasteiger partial charge in [0.2, 0.25) is 5.91 Å². The fourth-order valence-corrected chi connectivity index (χ4v) is 3.08. The van der Waals surface area contributed by atoms with Crippen molar-refractivity contribution in [2.24, 2.45) is 0 Å². The van der Waals surface area contributed by atoms with E-state index in [1.54, 1.807) is 23.2 Å². The minimum atomic E-state index is 0.0432. The lowest BCUT2D eigenvalue weighted by Gasteiger charge is -2.20. The van der Waals surface area contributed by atoms with Crippen molar-refractivity contribution < 1.29 is 4.79 Å². The minimum Gasteiger partial charge on any atom is -0.308 e. The summed E-state index contributed by atoms with van der Waals surface area (Å²) in [5, 5.41) is 0.794. The van der Waals surface area contributed by atoms with Crippen molar-refractivity contribution in [3.05, 3.63) is 23.8 Å². The third-order valence-electron chi connectivity index (χ3n) is 3.23. The largest absolute Gasteiger partial charge is 0.308 e. The molecule has 0 aliphatic heterocycles. The lowest BCUT2D eigenvalue weighted by Crippen LogP contribution is -2.35. The third-order valence-corrected chi connectivity index (χ3v) is 4.27. The Labute approximate surface area is 124 Å². The number of aromatic nitrogens is 1. The van der Waals surface area contributed by atoms with E-state index < -0.39 is 0 Å². The van der Waals surface area contributed by atoms with Gasteiger partial charge in [-0.1, -0.05) is 24.3 Å². The van der Waals surface area contributed by atoms with Gasteiger partial charge in [-0.2, -0.15) is 0 Å². The minimum absolute atomic E-state index is 0.0432. The monoisotopic (exact) mass is 291 g/mol. The Morgan fingerprint density at radius 3 is 2.65 bits per heavy atom. The third kappa shape index (κ3) is 3.35. The molecule has 1 amide bonds. The predicted molar refractivity (Wildman–Crippen MR) is 85.6 cm³/mol. The van der Waals surface area contributed by atoms with E-state index in [4.69, 9.17) is 0 Å². The second-order valence-electron chi connectivity index (χ2n) is 5.13. The maximum atomic E-state index is 11.8. The maximum Gasteiger partial charge on any atom is 0.225 e. The van der Waals surface area contributed by atoms with Crippen LogP contribution in [0.1, 0.15) is 19.4 Å². The molecule has 20 heavy (non-hydrogen) atoms. The highest BCUT2D eigenvalue weighted by atomic mass is 32.1. The van der Waals surface area contributed by atoms with Gasteiger partial charge in [-0.15, -0.1) is 0 Å². The first-order valence-electron chi connectivity index (χ1n) is 6.83. The molecule has 1 aromatic carbocycles. The number of fused-ring (bicyclic) bond motifs is 1. The SMILES string of the molecule is CCc1ccc2nc(N(CCN(C)C)C(C)=O)sc2c1. The molecule has 0 aliphatic carbocycles. The maximum absolute atomic E-state index is 11.8. The Morgan fingerprint density at radius 1 is 1.30 bits per heavy atom. The normalized spacial score (nSPS) is 11.2. The van der Waals surface area contributed by atoms with Crippen molar-refractivity contribution in [1.29, 1.82) is 0 Å². The summed E-state index contributed by atoms with van der Waals surface area (Å²) in [6.07, 6.45) is 1.01. The van der Waals surface area contributed by atoms with E-state index in [9.17, 15) is 4.79 Å². The van der Waals surface area contributed by atoms with E-state index in [0.29, 0.717) is 6.54 Å². The van der Waals surface area contributed by atoms with Crippen molar-refractivity contribution in [3.63, 3.8) is 0 Å². The van der Waals surface area contributed by atoms with Gasteiger partial charge in [0.25, 0.3) is 0 Å². The summed E-state index contributed by atoms with van der Waals surface area (Å²) in [6, 6.07) is 6.31. The number of rotatable bonds is 5. The fraction of sp³-hybridized carbons (Fsp3) is 0.467. The van der Waals surface area contributed by atoms with Crippen LogP contribution in [-0.2, 0) is 11.2 Å². The lowest BCUT2D eigenvalue weighted by molar-refractivity contribution is -0.116. The number of anilines is 1. The molecule has 0 aliphatic rings. The van der Waals surface area contributed by atoms with Crippen LogP contribution in [0.25, 0.3) is 10.2 Å². The number of aryl methyl sites for hydroxylation is 1. The summed E-state index contributed by atoms with van der Waals surface area (Å²) < 4.78 is 1.15. The smallest absolute Gasteiger partial charge is 0.225 e. The van der Waals surface area contributed by atoms with Gasteiger partial charge < -0.3 is 4.90 Å². The van der Waals surface area contributed by atoms with Crippen LogP contribution in [0.5, 0.6) is 0 Å². The van der Waals surface area contributed by atoms with Crippen LogP contribution in [-0.4, -0.2) is 43.0 Å². The predicted octanol–water partition coefficient (Wildman–Crippen LogP) is 2.77. The van der Waals surface area contributed by atoms with Crippen molar-refractivity contribution in [2.75, 3.05) is 32.1 Å². The number of benzene rings is 1. The van der Waals surface area contributed by atoms with Gasteiger partial charge in [-0.25, -0.2) is 4.98 Å². The van der Waals surface area contributed by atoms with Crippen LogP contribution in [0.4, 0.5) is 5.13 Å². The molecule has 0 saturated heterocycles. The van der Waals surface area contributed by atoms with Gasteiger partial charge in [0.15, 0.2) is 5.13 Å². The van der Waals surface area contributed by atoms with Gasteiger partial charge in [-0.3, -0.25) is 9.69 Å². The van der Waals surface area contributed by atoms with E-state index in [2.05, 4.69) is 28.9 Å². The van der Waals surface area contributed by atoms with Crippen LogP contribution in [0.15, 0.2) is 18.2 Å². The quantitative estimate of drug-likeness (QED) is 0.850. The molecule has 0 fully saturated rings. The molecule has 5 heteroatoms. The Kier molecular flexibility index (Phi) is 4.73. The fourth-order valence-electron chi connectivity index (χ4n) is 1.98. The average Bonchev–Trinajstić information content (AvgIpc) is 2.80. The van der Waals surface area contributed by atoms with E-state index in [1.807, 2.05) is 20.2 Å². The molecule has 4 nitrogen and oxygen atoms in total. The second-order valence-corrected chi connectivity index (χ2v) is 6.14. The van der Waals surface area contributed by atoms with Crippen LogP contribution in [0, 0.1) is 0 Å². The lowest BCUT2D eigenvalue weighted by atomic mass is 10.2. The summed E-state index contributed by atoms with van der Waals surface area (Å²) in [7, 11) is 4.01. The Balaban J connectivity index is 2.31. The highest BCUT2D eigenvalue weighted by molar-refractivity contribution is 7.22. The number of carbonyl (C=O) groups is 1. The number of thiazole rings is 1. The summed E-state index contributed by atoms with van der Waals surface area (Å²) in [5.74, 6) is 0.0432. The van der Waals surface area contributed by atoms with Gasteiger partial charge in [0.05, 0.1) is 10.2 Å². The van der Waals surface area contributed by atoms with Crippen molar-refractivity contribution in [2.45, 2.75) is 20.3 Å². The molecule has 0 atom stereocenters. The van der Waals surface area contributed by atoms with Crippen LogP contribution in [0.2, 0.25) is 0 Å². The number of hydrogen-bond donors (Lipinski definition) is 0. The number of amides is 1. The zero-order chi connectivity index (χ0) is 14.7. The topological polar surface area (TPSA) is 36.4 Å². The highest BCUT2D eigenvalue weighted by Crippen LogP contribution is 2.29. The van der Waals surface area contributed by atoms with Gasteiger partial charge >= 0.3 is 0 Å². The number of likely N-dealkylation sites (N-methyl/N-ethyl adjacent to an activating group) is 1. The molecule has 1 heterocycles. The first-order valence-corrected chi connectivity index (χ1v) is 7.65. The van der Waals surface area contributed by atoms with Gasteiger partial charge in [-0.05, 0) is 38.2 Å². The molecular formula is C15H21N3OS. The summed E-state index contributed by atoms with van der Waals surface area (Å²) >= 11 is 1.59. The number of carbonyl (C=O) groups excluding carboxylic acids is 1. The number of nitrogens with zero attached hydrogens (tertiary/aromatic N) is 3. The molecule has 1 aromatic heterocycles. The molecule has 2 rings (SSSR count). The molecular weight excluding hydrogens is 270 g/mol. The van der Waals surface area contributed by atoms with E-state index in [1.165, 1.54) is 5.56 Å². The average molecular weight is 291 g/mol. The van der Waals surface area contributed by atoms with Crippen LogP contribution in [0.3, 0.4) is 0 Å². The van der Waals surface area contributed by atoms with Crippen molar-refractivity contribution in [1.82, 2.24) is 9.88 Å². The van der Waals surface area contributed by atoms with Crippen LogP contribution >= 0.6 is 11.3 Å².